The summed E-state index contributed by atoms with van der Waals surface area (Å²) in [6.45, 7) is 4.29. The number of aromatic hydroxyl groups is 2. The molecule has 0 aliphatic carbocycles. The third kappa shape index (κ3) is 3.65. The van der Waals surface area contributed by atoms with Crippen molar-refractivity contribution in [1.82, 2.24) is 0 Å². The molecule has 2 N–H and O–H groups in total. The molecule has 0 amide bonds. The molecular weight excluding hydrogens is 232 g/mol. The number of Topliss-reactive ketones (excluding diaryl/α,β-unsaturated/α-hetero) is 1. The first-order chi connectivity index (χ1) is 8.60. The largest absolute Gasteiger partial charge is 0.507 e. The van der Waals surface area contributed by atoms with Crippen LogP contribution >= 0.6 is 0 Å². The normalized spacial score (nSPS) is 10.3. The van der Waals surface area contributed by atoms with Crippen LogP contribution in [0.15, 0.2) is 12.1 Å². The Balaban J connectivity index is 2.85. The molecule has 1 rings (SSSR count). The Hall–Kier alpha value is -1.71. The summed E-state index contributed by atoms with van der Waals surface area (Å²) in [6.07, 6.45) is 3.09. The van der Waals surface area contributed by atoms with Gasteiger partial charge in [0.2, 0.25) is 0 Å². The number of ketones is 1. The van der Waals surface area contributed by atoms with Crippen molar-refractivity contribution in [2.75, 3.05) is 6.61 Å². The van der Waals surface area contributed by atoms with Crippen LogP contribution in [0.3, 0.4) is 0 Å². The van der Waals surface area contributed by atoms with Crippen LogP contribution in [0.4, 0.5) is 0 Å². The highest BCUT2D eigenvalue weighted by molar-refractivity contribution is 6.01. The molecule has 4 heteroatoms. The number of benzene rings is 1. The standard InChI is InChI=1S/C14H20O4/c1-3-5-6-7-11(15)14-12(16)8-10(18-4-2)9-13(14)17/h8-9,16-17H,3-7H2,1-2H3. The van der Waals surface area contributed by atoms with Crippen LogP contribution in [0.1, 0.15) is 49.9 Å². The molecule has 0 unspecified atom stereocenters. The lowest BCUT2D eigenvalue weighted by Gasteiger charge is -2.09. The number of ether oxygens (including phenoxy) is 1. The van der Waals surface area contributed by atoms with Gasteiger partial charge in [0.25, 0.3) is 0 Å². The molecule has 0 spiro atoms. The molecule has 4 nitrogen and oxygen atoms in total. The fraction of sp³-hybridized carbons (Fsp3) is 0.500. The summed E-state index contributed by atoms with van der Waals surface area (Å²) >= 11 is 0. The number of rotatable bonds is 7. The number of unbranched alkanes of at least 4 members (excludes halogenated alkanes) is 2. The minimum atomic E-state index is -0.235. The van der Waals surface area contributed by atoms with E-state index in [0.29, 0.717) is 18.8 Å². The van der Waals surface area contributed by atoms with Gasteiger partial charge < -0.3 is 14.9 Å². The Labute approximate surface area is 107 Å². The third-order valence-electron chi connectivity index (χ3n) is 2.67. The van der Waals surface area contributed by atoms with E-state index in [1.54, 1.807) is 6.92 Å². The first-order valence-electron chi connectivity index (χ1n) is 6.32. The summed E-state index contributed by atoms with van der Waals surface area (Å²) in [6, 6.07) is 2.71. The van der Waals surface area contributed by atoms with Crippen molar-refractivity contribution < 1.29 is 19.7 Å². The molecule has 0 aromatic heterocycles. The first kappa shape index (κ1) is 14.4. The van der Waals surface area contributed by atoms with Gasteiger partial charge in [-0.25, -0.2) is 0 Å². The minimum Gasteiger partial charge on any atom is -0.507 e. The molecule has 0 saturated carbocycles. The molecule has 0 fully saturated rings. The third-order valence-corrected chi connectivity index (χ3v) is 2.67. The smallest absolute Gasteiger partial charge is 0.170 e. The zero-order chi connectivity index (χ0) is 13.5. The minimum absolute atomic E-state index is 0.00504. The van der Waals surface area contributed by atoms with E-state index < -0.39 is 0 Å². The number of phenolic OH excluding ortho intramolecular Hbond substituents is 2. The fourth-order valence-corrected chi connectivity index (χ4v) is 1.78. The average molecular weight is 252 g/mol. The van der Waals surface area contributed by atoms with Gasteiger partial charge in [0.15, 0.2) is 5.78 Å². The van der Waals surface area contributed by atoms with E-state index in [1.807, 2.05) is 0 Å². The quantitative estimate of drug-likeness (QED) is 0.577. The van der Waals surface area contributed by atoms with Crippen LogP contribution in [0.2, 0.25) is 0 Å². The predicted molar refractivity (Wildman–Crippen MR) is 69.4 cm³/mol. The monoisotopic (exact) mass is 252 g/mol. The summed E-state index contributed by atoms with van der Waals surface area (Å²) in [5.74, 6) is -0.320. The maximum absolute atomic E-state index is 11.9. The molecule has 100 valence electrons. The van der Waals surface area contributed by atoms with Gasteiger partial charge in [0.05, 0.1) is 6.61 Å². The van der Waals surface area contributed by atoms with E-state index in [9.17, 15) is 15.0 Å². The van der Waals surface area contributed by atoms with Crippen LogP contribution in [0, 0.1) is 0 Å². The lowest BCUT2D eigenvalue weighted by molar-refractivity contribution is 0.0974. The van der Waals surface area contributed by atoms with Gasteiger partial charge in [-0.2, -0.15) is 0 Å². The summed E-state index contributed by atoms with van der Waals surface area (Å²) in [7, 11) is 0. The Kier molecular flexibility index (Phi) is 5.49. The van der Waals surface area contributed by atoms with Gasteiger partial charge in [-0.1, -0.05) is 19.8 Å². The van der Waals surface area contributed by atoms with Crippen molar-refractivity contribution in [3.63, 3.8) is 0 Å². The Bertz CT molecular complexity index is 389. The number of phenols is 2. The van der Waals surface area contributed by atoms with E-state index in [1.165, 1.54) is 12.1 Å². The number of hydrogen-bond donors (Lipinski definition) is 2. The highest BCUT2D eigenvalue weighted by Gasteiger charge is 2.17. The van der Waals surface area contributed by atoms with Gasteiger partial charge in [0, 0.05) is 18.6 Å². The second kappa shape index (κ2) is 6.89. The van der Waals surface area contributed by atoms with E-state index in [-0.39, 0.29) is 22.8 Å². The average Bonchev–Trinajstić information content (AvgIpc) is 2.28. The van der Waals surface area contributed by atoms with Crippen molar-refractivity contribution in [2.24, 2.45) is 0 Å². The molecule has 0 radical (unpaired) electrons. The Morgan fingerprint density at radius 1 is 1.17 bits per heavy atom. The van der Waals surface area contributed by atoms with Crippen LogP contribution in [-0.4, -0.2) is 22.6 Å². The lowest BCUT2D eigenvalue weighted by Crippen LogP contribution is -2.01. The molecule has 1 aromatic rings. The molecule has 0 aliphatic rings. The van der Waals surface area contributed by atoms with Gasteiger partial charge in [-0.05, 0) is 13.3 Å². The summed E-state index contributed by atoms with van der Waals surface area (Å²) in [5, 5.41) is 19.5. The maximum Gasteiger partial charge on any atom is 0.170 e. The number of carbonyl (C=O) groups excluding carboxylic acids is 1. The van der Waals surface area contributed by atoms with Crippen molar-refractivity contribution in [3.05, 3.63) is 17.7 Å². The number of carbonyl (C=O) groups is 1. The highest BCUT2D eigenvalue weighted by Crippen LogP contribution is 2.33. The summed E-state index contributed by atoms with van der Waals surface area (Å²) in [5.41, 5.74) is -0.00504. The maximum atomic E-state index is 11.9. The Morgan fingerprint density at radius 2 is 1.78 bits per heavy atom. The highest BCUT2D eigenvalue weighted by atomic mass is 16.5. The van der Waals surface area contributed by atoms with Crippen LogP contribution in [0.25, 0.3) is 0 Å². The summed E-state index contributed by atoms with van der Waals surface area (Å²) < 4.78 is 5.17. The SMILES string of the molecule is CCCCCC(=O)c1c(O)cc(OCC)cc1O. The lowest BCUT2D eigenvalue weighted by atomic mass is 10.0. The molecule has 1 aromatic carbocycles. The topological polar surface area (TPSA) is 66.8 Å². The molecule has 18 heavy (non-hydrogen) atoms. The van der Waals surface area contributed by atoms with Crippen LogP contribution in [0.5, 0.6) is 17.2 Å². The second-order valence-corrected chi connectivity index (χ2v) is 4.15. The van der Waals surface area contributed by atoms with E-state index in [2.05, 4.69) is 6.92 Å². The zero-order valence-electron chi connectivity index (χ0n) is 10.9. The molecule has 0 heterocycles. The van der Waals surface area contributed by atoms with Gasteiger partial charge in [-0.3, -0.25) is 4.79 Å². The zero-order valence-corrected chi connectivity index (χ0v) is 10.9. The molecule has 0 bridgehead atoms. The number of hydrogen-bond acceptors (Lipinski definition) is 4. The summed E-state index contributed by atoms with van der Waals surface area (Å²) in [4.78, 5) is 11.9. The fourth-order valence-electron chi connectivity index (χ4n) is 1.78. The molecule has 0 aliphatic heterocycles. The van der Waals surface area contributed by atoms with Crippen molar-refractivity contribution in [3.8, 4) is 17.2 Å². The van der Waals surface area contributed by atoms with Crippen molar-refractivity contribution in [2.45, 2.75) is 39.5 Å². The van der Waals surface area contributed by atoms with Crippen LogP contribution in [-0.2, 0) is 0 Å². The molecule has 0 atom stereocenters. The predicted octanol–water partition coefficient (Wildman–Crippen LogP) is 3.26. The van der Waals surface area contributed by atoms with Gasteiger partial charge >= 0.3 is 0 Å². The van der Waals surface area contributed by atoms with Crippen molar-refractivity contribution in [1.29, 1.82) is 0 Å². The first-order valence-corrected chi connectivity index (χ1v) is 6.32. The molecular formula is C14H20O4. The van der Waals surface area contributed by atoms with Gasteiger partial charge in [0.1, 0.15) is 22.8 Å². The van der Waals surface area contributed by atoms with Crippen molar-refractivity contribution >= 4 is 5.78 Å². The van der Waals surface area contributed by atoms with Crippen LogP contribution < -0.4 is 4.74 Å². The molecule has 0 saturated heterocycles. The van der Waals surface area contributed by atoms with E-state index >= 15 is 0 Å². The Morgan fingerprint density at radius 3 is 2.28 bits per heavy atom. The second-order valence-electron chi connectivity index (χ2n) is 4.15. The van der Waals surface area contributed by atoms with E-state index in [0.717, 1.165) is 19.3 Å². The van der Waals surface area contributed by atoms with Gasteiger partial charge in [-0.15, -0.1) is 0 Å². The van der Waals surface area contributed by atoms with E-state index in [4.69, 9.17) is 4.74 Å².